The molecule has 4 aromatic rings. The Labute approximate surface area is 166 Å². The van der Waals surface area contributed by atoms with Gasteiger partial charge in [-0.05, 0) is 30.3 Å². The maximum atomic E-state index is 13.0. The highest BCUT2D eigenvalue weighted by Crippen LogP contribution is 2.27. The summed E-state index contributed by atoms with van der Waals surface area (Å²) in [7, 11) is -2.04. The maximum Gasteiger partial charge on any atom is 0.282 e. The summed E-state index contributed by atoms with van der Waals surface area (Å²) in [4.78, 5) is 12.8. The van der Waals surface area contributed by atoms with Crippen molar-refractivity contribution < 1.29 is 13.3 Å². The molecule has 3 heterocycles. The number of imidazole rings is 1. The van der Waals surface area contributed by atoms with E-state index in [9.17, 15) is 13.3 Å². The molecule has 10 heteroatoms. The Morgan fingerprint density at radius 1 is 1.03 bits per heavy atom. The van der Waals surface area contributed by atoms with Crippen LogP contribution in [0.25, 0.3) is 28.3 Å². The third-order valence-corrected chi connectivity index (χ3v) is 4.66. The van der Waals surface area contributed by atoms with Gasteiger partial charge in [-0.2, -0.15) is 5.10 Å². The normalized spacial score (nSPS) is 11.9. The van der Waals surface area contributed by atoms with Crippen molar-refractivity contribution in [2.75, 3.05) is 12.5 Å². The van der Waals surface area contributed by atoms with Gasteiger partial charge < -0.3 is 0 Å². The van der Waals surface area contributed by atoms with E-state index in [1.807, 2.05) is 18.2 Å². The van der Waals surface area contributed by atoms with Crippen molar-refractivity contribution in [2.24, 2.45) is 4.36 Å². The molecule has 0 bridgehead atoms. The van der Waals surface area contributed by atoms with Gasteiger partial charge in [0.15, 0.2) is 5.65 Å². The molecule has 0 atom stereocenters. The minimum atomic E-state index is -2.68. The highest BCUT2D eigenvalue weighted by molar-refractivity contribution is 7.98. The van der Waals surface area contributed by atoms with Gasteiger partial charge in [0.1, 0.15) is 35.9 Å². The molecule has 0 spiro atoms. The molecule has 0 aliphatic heterocycles. The highest BCUT2D eigenvalue weighted by atomic mass is 32.3. The summed E-state index contributed by atoms with van der Waals surface area (Å²) in [5.41, 5.74) is 3.13. The van der Waals surface area contributed by atoms with Gasteiger partial charge in [-0.3, -0.25) is 0 Å². The van der Waals surface area contributed by atoms with E-state index in [4.69, 9.17) is 0 Å². The molecule has 1 aromatic carbocycles. The van der Waals surface area contributed by atoms with Crippen LogP contribution in [0.5, 0.6) is 0 Å². The van der Waals surface area contributed by atoms with Gasteiger partial charge in [-0.25, -0.2) is 32.8 Å². The Morgan fingerprint density at radius 3 is 2.59 bits per heavy atom. The summed E-state index contributed by atoms with van der Waals surface area (Å²) < 4.78 is 41.7. The number of alkyl halides is 2. The van der Waals surface area contributed by atoms with Crippen LogP contribution in [0.15, 0.2) is 59.4 Å². The predicted molar refractivity (Wildman–Crippen MR) is 108 cm³/mol. The minimum absolute atomic E-state index is 0.338. The molecule has 0 saturated heterocycles. The lowest BCUT2D eigenvalue weighted by molar-refractivity contribution is 0.144. The zero-order valence-corrected chi connectivity index (χ0v) is 16.4. The van der Waals surface area contributed by atoms with Crippen LogP contribution in [0.3, 0.4) is 0 Å². The molecule has 7 nitrogen and oxygen atoms in total. The molecule has 148 valence electrons. The van der Waals surface area contributed by atoms with Gasteiger partial charge in [-0.1, -0.05) is 16.5 Å². The second-order valence-corrected chi connectivity index (χ2v) is 9.25. The largest absolute Gasteiger partial charge is 0.282 e. The molecule has 1 N–H and O–H groups in total. The van der Waals surface area contributed by atoms with Crippen LogP contribution in [-0.4, -0.2) is 41.6 Å². The average molecular weight is 415 g/mol. The number of rotatable bonds is 4. The van der Waals surface area contributed by atoms with Crippen molar-refractivity contribution in [2.45, 2.75) is 6.43 Å². The first-order chi connectivity index (χ1) is 13.8. The lowest BCUT2D eigenvalue weighted by atomic mass is 10.1. The Balaban J connectivity index is 1.78. The van der Waals surface area contributed by atoms with E-state index in [-0.39, 0.29) is 5.69 Å². The van der Waals surface area contributed by atoms with Gasteiger partial charge in [0, 0.05) is 5.56 Å². The molecule has 0 radical (unpaired) electrons. The van der Waals surface area contributed by atoms with Crippen LogP contribution in [0.1, 0.15) is 12.1 Å². The van der Waals surface area contributed by atoms with E-state index in [1.54, 1.807) is 24.6 Å². The Kier molecular flexibility index (Phi) is 4.89. The lowest BCUT2D eigenvalue weighted by Gasteiger charge is -2.06. The number of benzene rings is 1. The molecule has 0 saturated carbocycles. The number of halogens is 2. The molecule has 0 aliphatic carbocycles. The number of fused-ring (bicyclic) bond motifs is 1. The first-order valence-corrected chi connectivity index (χ1v) is 10.9. The molecule has 0 amide bonds. The van der Waals surface area contributed by atoms with Gasteiger partial charge in [0.25, 0.3) is 6.43 Å². The van der Waals surface area contributed by atoms with E-state index >= 15 is 0 Å². The quantitative estimate of drug-likeness (QED) is 0.496. The smallest absolute Gasteiger partial charge is 0.236 e. The highest BCUT2D eigenvalue weighted by Gasteiger charge is 2.15. The lowest BCUT2D eigenvalue weighted by Crippen LogP contribution is -2.01. The van der Waals surface area contributed by atoms with Gasteiger partial charge in [0.05, 0.1) is 27.7 Å². The zero-order valence-electron chi connectivity index (χ0n) is 15.6. The van der Waals surface area contributed by atoms with E-state index in [1.165, 1.54) is 29.2 Å². The average Bonchev–Trinajstić information content (AvgIpc) is 3.10. The topological polar surface area (TPSA) is 88.6 Å². The van der Waals surface area contributed by atoms with Crippen molar-refractivity contribution in [1.82, 2.24) is 24.6 Å². The first kappa shape index (κ1) is 19.2. The number of hydrogen-bond acceptors (Lipinski definition) is 5. The first-order valence-electron chi connectivity index (χ1n) is 8.54. The van der Waals surface area contributed by atoms with Crippen molar-refractivity contribution >= 4 is 21.4 Å². The monoisotopic (exact) mass is 415 g/mol. The summed E-state index contributed by atoms with van der Waals surface area (Å²) >= 11 is 0. The molecule has 0 aliphatic rings. The van der Waals surface area contributed by atoms with Gasteiger partial charge >= 0.3 is 0 Å². The molecular weight excluding hydrogens is 398 g/mol. The third kappa shape index (κ3) is 4.17. The van der Waals surface area contributed by atoms with Gasteiger partial charge in [-0.15, -0.1) is 0 Å². The Hall–Kier alpha value is -3.11. The van der Waals surface area contributed by atoms with Crippen molar-refractivity contribution in [3.8, 4) is 22.6 Å². The molecule has 4 rings (SSSR count). The van der Waals surface area contributed by atoms with Crippen LogP contribution in [0.2, 0.25) is 0 Å². The van der Waals surface area contributed by atoms with Crippen molar-refractivity contribution in [3.63, 3.8) is 0 Å². The summed E-state index contributed by atoms with van der Waals surface area (Å²) in [5, 5.41) is 3.97. The fourth-order valence-electron chi connectivity index (χ4n) is 2.81. The second kappa shape index (κ2) is 7.37. The number of aromatic nitrogens is 5. The summed E-state index contributed by atoms with van der Waals surface area (Å²) in [5.74, 6) is 0. The molecule has 0 fully saturated rings. The van der Waals surface area contributed by atoms with Crippen LogP contribution >= 0.6 is 0 Å². The molecule has 0 unspecified atom stereocenters. The van der Waals surface area contributed by atoms with E-state index < -0.39 is 16.5 Å². The standard InChI is InChI=1S/C19H17F2N6OS/c1-29(2,28)26-13-5-3-4-12(8-13)15-9-16(24-11-23-15)17-10-22-18-7-6-14(19(20)21)25-27(17)18/h3-11,19H,1-2H3,(H,26,28)/q+1. The van der Waals surface area contributed by atoms with Crippen molar-refractivity contribution in [1.29, 1.82) is 0 Å². The van der Waals surface area contributed by atoms with E-state index in [0.29, 0.717) is 28.4 Å². The molecule has 3 aromatic heterocycles. The summed E-state index contributed by atoms with van der Waals surface area (Å²) in [6, 6.07) is 11.8. The van der Waals surface area contributed by atoms with Crippen LogP contribution in [0, 0.1) is 0 Å². The van der Waals surface area contributed by atoms with Crippen LogP contribution < -0.4 is 0 Å². The Morgan fingerprint density at radius 2 is 1.83 bits per heavy atom. The van der Waals surface area contributed by atoms with Crippen molar-refractivity contribution in [3.05, 3.63) is 60.7 Å². The summed E-state index contributed by atoms with van der Waals surface area (Å²) in [6.45, 7) is 0. The SMILES string of the molecule is C[S+](C)(O)=Nc1cccc(-c2cc(-c3cnc4ccc(C(F)F)nn34)ncn2)c1. The predicted octanol–water partition coefficient (Wildman–Crippen LogP) is 4.49. The Bertz CT molecular complexity index is 1240. The molecular formula is C19H17F2N6OS+. The zero-order chi connectivity index (χ0) is 20.6. The van der Waals surface area contributed by atoms with Crippen LogP contribution in [0.4, 0.5) is 14.5 Å². The summed E-state index contributed by atoms with van der Waals surface area (Å²) in [6.07, 6.45) is 3.60. The van der Waals surface area contributed by atoms with Gasteiger partial charge in [0.2, 0.25) is 0 Å². The third-order valence-electron chi connectivity index (χ3n) is 4.01. The van der Waals surface area contributed by atoms with E-state index in [2.05, 4.69) is 24.4 Å². The number of hydrogen-bond donors (Lipinski definition) is 1. The fraction of sp³-hybridized carbons (Fsp3) is 0.158. The fourth-order valence-corrected chi connectivity index (χ4v) is 3.44. The van der Waals surface area contributed by atoms with E-state index in [0.717, 1.165) is 5.56 Å². The number of nitrogens with zero attached hydrogens (tertiary/aromatic N) is 6. The maximum absolute atomic E-state index is 13.0. The second-order valence-electron chi connectivity index (χ2n) is 6.62. The molecule has 29 heavy (non-hydrogen) atoms. The minimum Gasteiger partial charge on any atom is -0.236 e. The van der Waals surface area contributed by atoms with Crippen LogP contribution in [-0.2, 0) is 10.1 Å².